The molecule has 60 valence electrons. The van der Waals surface area contributed by atoms with Crippen LogP contribution in [0.2, 0.25) is 0 Å². The van der Waals surface area contributed by atoms with Gasteiger partial charge in [0, 0.05) is 6.42 Å². The highest BCUT2D eigenvalue weighted by molar-refractivity contribution is 4.94. The molecule has 0 amide bonds. The zero-order chi connectivity index (χ0) is 8.69. The van der Waals surface area contributed by atoms with Crippen LogP contribution in [-0.4, -0.2) is 12.1 Å². The molecule has 0 N–H and O–H groups in total. The molecule has 0 spiro atoms. The molecule has 2 unspecified atom stereocenters. The van der Waals surface area contributed by atoms with Gasteiger partial charge in [0.1, 0.15) is 12.1 Å². The molecule has 0 fully saturated rings. The fourth-order valence-electron chi connectivity index (χ4n) is 0.612. The molecule has 11 heavy (non-hydrogen) atoms. The van der Waals surface area contributed by atoms with Crippen molar-refractivity contribution in [2.45, 2.75) is 18.5 Å². The molecule has 0 aliphatic heterocycles. The van der Waals surface area contributed by atoms with Gasteiger partial charge in [0.05, 0.1) is 0 Å². The average molecular weight is 154 g/mol. The van der Waals surface area contributed by atoms with Crippen molar-refractivity contribution < 1.29 is 0 Å². The zero-order valence-corrected chi connectivity index (χ0v) is 6.14. The molecule has 4 heteroatoms. The number of hydrogen-bond donors (Lipinski definition) is 0. The van der Waals surface area contributed by atoms with Crippen LogP contribution in [0.4, 0.5) is 0 Å². The fourth-order valence-corrected chi connectivity index (χ4v) is 0.612. The second kappa shape index (κ2) is 5.46. The largest absolute Gasteiger partial charge is 0.150 e. The van der Waals surface area contributed by atoms with Crippen molar-refractivity contribution in [3.63, 3.8) is 0 Å². The Balaban J connectivity index is 3.95. The molecule has 0 aromatic rings. The van der Waals surface area contributed by atoms with E-state index in [0.717, 1.165) is 0 Å². The summed E-state index contributed by atoms with van der Waals surface area (Å²) >= 11 is 0. The quantitative estimate of drug-likeness (QED) is 0.434. The van der Waals surface area contributed by atoms with Gasteiger partial charge in [-0.05, 0) is 0 Å². The average Bonchev–Trinajstić information content (AvgIpc) is 2.07. The standard InChI is InChI=1S/C7H10N2O2/c1-3-6(8-10)5-7(4-2)9-11/h3-4,6-7H,1-2,5H2. The lowest BCUT2D eigenvalue weighted by Gasteiger charge is -2.03. The predicted octanol–water partition coefficient (Wildman–Crippen LogP) is 2.02. The van der Waals surface area contributed by atoms with Crippen molar-refractivity contribution in [3.05, 3.63) is 35.1 Å². The number of nitrogens with zero attached hydrogens (tertiary/aromatic N) is 2. The van der Waals surface area contributed by atoms with Crippen molar-refractivity contribution in [2.75, 3.05) is 0 Å². The second-order valence-electron chi connectivity index (χ2n) is 2.05. The summed E-state index contributed by atoms with van der Waals surface area (Å²) in [5, 5.41) is 5.46. The van der Waals surface area contributed by atoms with E-state index in [1.165, 1.54) is 12.2 Å². The fraction of sp³-hybridized carbons (Fsp3) is 0.429. The van der Waals surface area contributed by atoms with E-state index < -0.39 is 12.1 Å². The summed E-state index contributed by atoms with van der Waals surface area (Å²) < 4.78 is 0. The highest BCUT2D eigenvalue weighted by Crippen LogP contribution is 2.07. The van der Waals surface area contributed by atoms with E-state index >= 15 is 0 Å². The molecule has 0 saturated carbocycles. The molecule has 0 rings (SSSR count). The lowest BCUT2D eigenvalue weighted by molar-refractivity contribution is 0.652. The lowest BCUT2D eigenvalue weighted by atomic mass is 10.1. The first-order valence-electron chi connectivity index (χ1n) is 3.18. The van der Waals surface area contributed by atoms with Gasteiger partial charge in [0.25, 0.3) is 0 Å². The molecule has 0 aromatic heterocycles. The van der Waals surface area contributed by atoms with E-state index in [9.17, 15) is 9.81 Å². The Hall–Kier alpha value is -1.32. The summed E-state index contributed by atoms with van der Waals surface area (Å²) in [6, 6.07) is -1.09. The molecular formula is C7H10N2O2. The first kappa shape index (κ1) is 9.68. The topological polar surface area (TPSA) is 58.9 Å². The SMILES string of the molecule is C=CC(CC(C=C)N=O)N=O. The number of rotatable bonds is 6. The van der Waals surface area contributed by atoms with Gasteiger partial charge in [-0.2, -0.15) is 9.81 Å². The van der Waals surface area contributed by atoms with Gasteiger partial charge >= 0.3 is 0 Å². The van der Waals surface area contributed by atoms with Gasteiger partial charge in [-0.3, -0.25) is 0 Å². The summed E-state index contributed by atoms with van der Waals surface area (Å²) in [7, 11) is 0. The van der Waals surface area contributed by atoms with Crippen molar-refractivity contribution in [2.24, 2.45) is 10.4 Å². The van der Waals surface area contributed by atoms with Gasteiger partial charge in [-0.25, -0.2) is 0 Å². The van der Waals surface area contributed by atoms with Crippen molar-refractivity contribution in [1.29, 1.82) is 0 Å². The first-order chi connectivity index (χ1) is 5.28. The monoisotopic (exact) mass is 154 g/mol. The maximum absolute atomic E-state index is 10.0. The number of nitroso groups, excluding NO2 is 2. The van der Waals surface area contributed by atoms with E-state index in [2.05, 4.69) is 23.5 Å². The van der Waals surface area contributed by atoms with Gasteiger partial charge < -0.3 is 0 Å². The Labute approximate surface area is 64.9 Å². The summed E-state index contributed by atoms with van der Waals surface area (Å²) in [6.07, 6.45) is 3.03. The molecule has 4 nitrogen and oxygen atoms in total. The van der Waals surface area contributed by atoms with Crippen molar-refractivity contribution in [1.82, 2.24) is 0 Å². The maximum atomic E-state index is 10.0. The van der Waals surface area contributed by atoms with E-state index in [-0.39, 0.29) is 6.42 Å². The smallest absolute Gasteiger partial charge is 0.112 e. The highest BCUT2D eigenvalue weighted by atomic mass is 16.3. The van der Waals surface area contributed by atoms with Crippen LogP contribution in [0.1, 0.15) is 6.42 Å². The minimum absolute atomic E-state index is 0.264. The molecule has 0 aromatic carbocycles. The zero-order valence-electron chi connectivity index (χ0n) is 6.14. The van der Waals surface area contributed by atoms with Crippen LogP contribution in [0.25, 0.3) is 0 Å². The second-order valence-corrected chi connectivity index (χ2v) is 2.05. The van der Waals surface area contributed by atoms with Gasteiger partial charge in [-0.1, -0.05) is 22.5 Å². The maximum Gasteiger partial charge on any atom is 0.112 e. The van der Waals surface area contributed by atoms with Crippen LogP contribution in [0, 0.1) is 9.81 Å². The van der Waals surface area contributed by atoms with Crippen molar-refractivity contribution >= 4 is 0 Å². The summed E-state index contributed by atoms with van der Waals surface area (Å²) in [4.78, 5) is 20.0. The number of hydrogen-bond acceptors (Lipinski definition) is 4. The molecule has 2 atom stereocenters. The molecule has 0 aliphatic rings. The normalized spacial score (nSPS) is 14.5. The van der Waals surface area contributed by atoms with Crippen LogP contribution < -0.4 is 0 Å². The third-order valence-electron chi connectivity index (χ3n) is 1.30. The molecule has 0 aliphatic carbocycles. The Morgan fingerprint density at radius 2 is 1.45 bits per heavy atom. The van der Waals surface area contributed by atoms with Gasteiger partial charge in [-0.15, -0.1) is 13.2 Å². The van der Waals surface area contributed by atoms with E-state index in [1.54, 1.807) is 0 Å². The summed E-state index contributed by atoms with van der Waals surface area (Å²) in [5.74, 6) is 0. The Bertz CT molecular complexity index is 134. The van der Waals surface area contributed by atoms with Crippen LogP contribution >= 0.6 is 0 Å². The minimum Gasteiger partial charge on any atom is -0.150 e. The Morgan fingerprint density at radius 3 is 1.64 bits per heavy atom. The van der Waals surface area contributed by atoms with Crippen molar-refractivity contribution in [3.8, 4) is 0 Å². The predicted molar refractivity (Wildman–Crippen MR) is 44.2 cm³/mol. The first-order valence-corrected chi connectivity index (χ1v) is 3.18. The van der Waals surface area contributed by atoms with E-state index in [1.807, 2.05) is 0 Å². The van der Waals surface area contributed by atoms with Crippen LogP contribution in [0.15, 0.2) is 35.7 Å². The minimum atomic E-state index is -0.546. The summed E-state index contributed by atoms with van der Waals surface area (Å²) in [5.41, 5.74) is 0. The highest BCUT2D eigenvalue weighted by Gasteiger charge is 2.10. The van der Waals surface area contributed by atoms with E-state index in [4.69, 9.17) is 0 Å². The Kier molecular flexibility index (Phi) is 4.81. The van der Waals surface area contributed by atoms with Gasteiger partial charge in [0.15, 0.2) is 0 Å². The molecular weight excluding hydrogens is 144 g/mol. The molecule has 0 radical (unpaired) electrons. The van der Waals surface area contributed by atoms with Gasteiger partial charge in [0.2, 0.25) is 0 Å². The third-order valence-corrected chi connectivity index (χ3v) is 1.30. The van der Waals surface area contributed by atoms with E-state index in [0.29, 0.717) is 0 Å². The van der Waals surface area contributed by atoms with Crippen LogP contribution in [0.5, 0.6) is 0 Å². The summed E-state index contributed by atoms with van der Waals surface area (Å²) in [6.45, 7) is 6.76. The third kappa shape index (κ3) is 3.40. The lowest BCUT2D eigenvalue weighted by Crippen LogP contribution is -2.09. The molecule has 0 bridgehead atoms. The van der Waals surface area contributed by atoms with Crippen LogP contribution in [0.3, 0.4) is 0 Å². The van der Waals surface area contributed by atoms with Crippen LogP contribution in [-0.2, 0) is 0 Å². The molecule has 0 saturated heterocycles. The Morgan fingerprint density at radius 1 is 1.09 bits per heavy atom. The molecule has 0 heterocycles.